The minimum Gasteiger partial charge on any atom is -0.484 e. The Morgan fingerprint density at radius 1 is 1.42 bits per heavy atom. The number of hydrogen-bond donors (Lipinski definition) is 1. The number of aromatic nitrogens is 2. The van der Waals surface area contributed by atoms with Crippen LogP contribution in [0.5, 0.6) is 5.75 Å². The number of rotatable bonds is 6. The summed E-state index contributed by atoms with van der Waals surface area (Å²) in [4.78, 5) is 4.23. The Kier molecular flexibility index (Phi) is 4.82. The highest BCUT2D eigenvalue weighted by molar-refractivity contribution is 6.32. The molecule has 0 saturated carbocycles. The Bertz CT molecular complexity index is 539. The van der Waals surface area contributed by atoms with E-state index in [-0.39, 0.29) is 0 Å². The van der Waals surface area contributed by atoms with Crippen LogP contribution in [-0.4, -0.2) is 16.1 Å². The van der Waals surface area contributed by atoms with Gasteiger partial charge in [-0.2, -0.15) is 0 Å². The van der Waals surface area contributed by atoms with E-state index in [2.05, 4.69) is 17.2 Å². The zero-order valence-corrected chi connectivity index (χ0v) is 11.9. The molecule has 0 amide bonds. The molecule has 0 aliphatic carbocycles. The lowest BCUT2D eigenvalue weighted by molar-refractivity contribution is 0.288. The number of benzene rings is 1. The molecule has 1 heterocycles. The van der Waals surface area contributed by atoms with E-state index in [4.69, 9.17) is 16.3 Å². The van der Waals surface area contributed by atoms with E-state index >= 15 is 0 Å². The Hall–Kier alpha value is -1.52. The molecule has 0 bridgehead atoms. The van der Waals surface area contributed by atoms with Gasteiger partial charge in [-0.05, 0) is 12.6 Å². The van der Waals surface area contributed by atoms with Crippen LogP contribution in [0.15, 0.2) is 30.6 Å². The quantitative estimate of drug-likeness (QED) is 0.884. The first-order valence-electron chi connectivity index (χ1n) is 6.29. The predicted molar refractivity (Wildman–Crippen MR) is 76.4 cm³/mol. The SMILES string of the molecule is CCNCc1cccc(Cl)c1OCc1nccn1C. The van der Waals surface area contributed by atoms with Gasteiger partial charge in [0.25, 0.3) is 0 Å². The van der Waals surface area contributed by atoms with Gasteiger partial charge in [0.15, 0.2) is 0 Å². The van der Waals surface area contributed by atoms with Crippen LogP contribution in [0.1, 0.15) is 18.3 Å². The van der Waals surface area contributed by atoms with E-state index < -0.39 is 0 Å². The highest BCUT2D eigenvalue weighted by atomic mass is 35.5. The third-order valence-corrected chi connectivity index (χ3v) is 3.18. The first-order valence-corrected chi connectivity index (χ1v) is 6.67. The van der Waals surface area contributed by atoms with Crippen LogP contribution < -0.4 is 10.1 Å². The monoisotopic (exact) mass is 279 g/mol. The van der Waals surface area contributed by atoms with Crippen molar-refractivity contribution >= 4 is 11.6 Å². The van der Waals surface area contributed by atoms with Crippen molar-refractivity contribution in [2.75, 3.05) is 6.54 Å². The highest BCUT2D eigenvalue weighted by Gasteiger charge is 2.09. The fraction of sp³-hybridized carbons (Fsp3) is 0.357. The van der Waals surface area contributed by atoms with E-state index in [1.807, 2.05) is 36.0 Å². The van der Waals surface area contributed by atoms with Crippen molar-refractivity contribution in [2.24, 2.45) is 7.05 Å². The number of nitrogens with one attached hydrogen (secondary N) is 1. The van der Waals surface area contributed by atoms with Crippen LogP contribution in [-0.2, 0) is 20.2 Å². The van der Waals surface area contributed by atoms with Crippen molar-refractivity contribution in [1.82, 2.24) is 14.9 Å². The largest absolute Gasteiger partial charge is 0.484 e. The molecule has 0 spiro atoms. The van der Waals surface area contributed by atoms with Crippen molar-refractivity contribution in [3.8, 4) is 5.75 Å². The minimum absolute atomic E-state index is 0.409. The molecule has 4 nitrogen and oxygen atoms in total. The van der Waals surface area contributed by atoms with Crippen molar-refractivity contribution < 1.29 is 4.74 Å². The van der Waals surface area contributed by atoms with Gasteiger partial charge in [-0.25, -0.2) is 4.98 Å². The van der Waals surface area contributed by atoms with Crippen molar-refractivity contribution in [2.45, 2.75) is 20.1 Å². The molecule has 0 saturated heterocycles. The first kappa shape index (κ1) is 13.9. The Morgan fingerprint density at radius 3 is 2.95 bits per heavy atom. The number of hydrogen-bond acceptors (Lipinski definition) is 3. The molecule has 0 atom stereocenters. The van der Waals surface area contributed by atoms with E-state index in [1.54, 1.807) is 6.20 Å². The molecular weight excluding hydrogens is 262 g/mol. The third-order valence-electron chi connectivity index (χ3n) is 2.88. The summed E-state index contributed by atoms with van der Waals surface area (Å²) >= 11 is 6.21. The Morgan fingerprint density at radius 2 is 2.26 bits per heavy atom. The summed E-state index contributed by atoms with van der Waals surface area (Å²) in [6.45, 7) is 4.13. The fourth-order valence-corrected chi connectivity index (χ4v) is 2.03. The van der Waals surface area contributed by atoms with Crippen LogP contribution in [0.2, 0.25) is 5.02 Å². The number of nitrogens with zero attached hydrogens (tertiary/aromatic N) is 2. The molecule has 5 heteroatoms. The highest BCUT2D eigenvalue weighted by Crippen LogP contribution is 2.29. The Balaban J connectivity index is 2.12. The summed E-state index contributed by atoms with van der Waals surface area (Å²) in [5.74, 6) is 1.60. The maximum atomic E-state index is 6.21. The summed E-state index contributed by atoms with van der Waals surface area (Å²) in [6.07, 6.45) is 3.65. The minimum atomic E-state index is 0.409. The molecule has 1 aromatic heterocycles. The summed E-state index contributed by atoms with van der Waals surface area (Å²) in [6, 6.07) is 5.79. The van der Waals surface area contributed by atoms with Crippen LogP contribution in [0.3, 0.4) is 0 Å². The maximum absolute atomic E-state index is 6.21. The second-order valence-electron chi connectivity index (χ2n) is 4.25. The van der Waals surface area contributed by atoms with E-state index in [1.165, 1.54) is 0 Å². The molecule has 0 aliphatic heterocycles. The molecule has 0 radical (unpaired) electrons. The molecule has 1 N–H and O–H groups in total. The van der Waals surface area contributed by atoms with Gasteiger partial charge in [0.2, 0.25) is 0 Å². The fourth-order valence-electron chi connectivity index (χ4n) is 1.79. The number of para-hydroxylation sites is 1. The normalized spacial score (nSPS) is 10.7. The molecule has 0 fully saturated rings. The second kappa shape index (κ2) is 6.59. The van der Waals surface area contributed by atoms with Gasteiger partial charge in [0, 0.05) is 31.5 Å². The van der Waals surface area contributed by atoms with Gasteiger partial charge in [-0.1, -0.05) is 30.7 Å². The average molecular weight is 280 g/mol. The zero-order chi connectivity index (χ0) is 13.7. The van der Waals surface area contributed by atoms with Crippen molar-refractivity contribution in [3.63, 3.8) is 0 Å². The third kappa shape index (κ3) is 3.49. The number of ether oxygens (including phenoxy) is 1. The number of aryl methyl sites for hydroxylation is 1. The number of halogens is 1. The molecule has 19 heavy (non-hydrogen) atoms. The smallest absolute Gasteiger partial charge is 0.146 e. The summed E-state index contributed by atoms with van der Waals surface area (Å²) in [7, 11) is 1.94. The zero-order valence-electron chi connectivity index (χ0n) is 11.2. The van der Waals surface area contributed by atoms with Gasteiger partial charge >= 0.3 is 0 Å². The topological polar surface area (TPSA) is 39.1 Å². The lowest BCUT2D eigenvalue weighted by atomic mass is 10.2. The summed E-state index contributed by atoms with van der Waals surface area (Å²) in [5, 5.41) is 3.91. The van der Waals surface area contributed by atoms with E-state index in [0.29, 0.717) is 11.6 Å². The predicted octanol–water partition coefficient (Wildman–Crippen LogP) is 2.76. The molecule has 0 aliphatic rings. The van der Waals surface area contributed by atoms with Gasteiger partial charge in [-0.3, -0.25) is 0 Å². The lowest BCUT2D eigenvalue weighted by Gasteiger charge is -2.13. The van der Waals surface area contributed by atoms with Crippen LogP contribution in [0.4, 0.5) is 0 Å². The number of imidazole rings is 1. The maximum Gasteiger partial charge on any atom is 0.146 e. The molecular formula is C14H18ClN3O. The van der Waals surface area contributed by atoms with Gasteiger partial charge in [0.05, 0.1) is 5.02 Å². The standard InChI is InChI=1S/C14H18ClN3O/c1-3-16-9-11-5-4-6-12(15)14(11)19-10-13-17-7-8-18(13)2/h4-8,16H,3,9-10H2,1-2H3. The van der Waals surface area contributed by atoms with Crippen LogP contribution in [0.25, 0.3) is 0 Å². The van der Waals surface area contributed by atoms with Gasteiger partial charge in [0.1, 0.15) is 18.2 Å². The van der Waals surface area contributed by atoms with E-state index in [9.17, 15) is 0 Å². The molecule has 1 aromatic carbocycles. The summed E-state index contributed by atoms with van der Waals surface area (Å²) < 4.78 is 7.77. The van der Waals surface area contributed by atoms with Gasteiger partial charge in [-0.15, -0.1) is 0 Å². The molecule has 0 unspecified atom stereocenters. The average Bonchev–Trinajstić information content (AvgIpc) is 2.81. The van der Waals surface area contributed by atoms with Crippen LogP contribution in [0, 0.1) is 0 Å². The molecule has 2 rings (SSSR count). The van der Waals surface area contributed by atoms with Crippen molar-refractivity contribution in [3.05, 3.63) is 47.0 Å². The molecule has 102 valence electrons. The molecule has 2 aromatic rings. The second-order valence-corrected chi connectivity index (χ2v) is 4.66. The van der Waals surface area contributed by atoms with Crippen LogP contribution >= 0.6 is 11.6 Å². The lowest BCUT2D eigenvalue weighted by Crippen LogP contribution is -2.13. The van der Waals surface area contributed by atoms with Gasteiger partial charge < -0.3 is 14.6 Å². The summed E-state index contributed by atoms with van der Waals surface area (Å²) in [5.41, 5.74) is 1.06. The van der Waals surface area contributed by atoms with Crippen molar-refractivity contribution in [1.29, 1.82) is 0 Å². The van der Waals surface area contributed by atoms with E-state index in [0.717, 1.165) is 30.2 Å². The Labute approximate surface area is 118 Å². The first-order chi connectivity index (χ1) is 9.22.